The predicted molar refractivity (Wildman–Crippen MR) is 65.4 cm³/mol. The lowest BCUT2D eigenvalue weighted by atomic mass is 9.96. The van der Waals surface area contributed by atoms with E-state index in [9.17, 15) is 28.5 Å². The van der Waals surface area contributed by atoms with Crippen LogP contribution in [-0.2, 0) is 18.7 Å². The van der Waals surface area contributed by atoms with Gasteiger partial charge in [0, 0.05) is 0 Å². The van der Waals surface area contributed by atoms with Gasteiger partial charge in [0.15, 0.2) is 10.8 Å². The number of hydrogen-bond acceptors (Lipinski definition) is 4. The molecule has 0 aliphatic carbocycles. The average Bonchev–Trinajstić information content (AvgIpc) is 2.19. The fourth-order valence-electron chi connectivity index (χ4n) is 1.77. The summed E-state index contributed by atoms with van der Waals surface area (Å²) in [6.45, 7) is 1.40. The molecule has 0 aliphatic heterocycles. The number of carboxylic acids is 2. The Balaban J connectivity index is 5.91. The van der Waals surface area contributed by atoms with Gasteiger partial charge in [-0.3, -0.25) is 18.7 Å². The number of aliphatic carboxylic acids is 2. The summed E-state index contributed by atoms with van der Waals surface area (Å²) in [5.41, 5.74) is -2.50. The minimum absolute atomic E-state index is 0.0229. The van der Waals surface area contributed by atoms with Crippen LogP contribution in [0.5, 0.6) is 0 Å². The van der Waals surface area contributed by atoms with Crippen molar-refractivity contribution >= 4 is 27.1 Å². The van der Waals surface area contributed by atoms with Gasteiger partial charge in [0.05, 0.1) is 0 Å². The number of carboxylic acid groups (broad SMARTS) is 2. The normalized spacial score (nSPS) is 17.2. The van der Waals surface area contributed by atoms with Crippen LogP contribution in [0.15, 0.2) is 0 Å². The first-order valence-corrected chi connectivity index (χ1v) is 8.66. The van der Waals surface area contributed by atoms with E-state index >= 15 is 0 Å². The summed E-state index contributed by atoms with van der Waals surface area (Å²) >= 11 is 0. The van der Waals surface area contributed by atoms with Gasteiger partial charge in [0.25, 0.3) is 0 Å². The topological polar surface area (TPSA) is 190 Å². The quantitative estimate of drug-likeness (QED) is 0.324. The van der Waals surface area contributed by atoms with Crippen LogP contribution in [0.2, 0.25) is 0 Å². The van der Waals surface area contributed by atoms with Gasteiger partial charge < -0.3 is 29.8 Å². The Morgan fingerprint density at radius 3 is 1.75 bits per heavy atom. The van der Waals surface area contributed by atoms with Gasteiger partial charge in [-0.05, 0) is 12.8 Å². The van der Waals surface area contributed by atoms with Gasteiger partial charge in [-0.2, -0.15) is 0 Å². The molecule has 0 saturated carbocycles. The average molecular weight is 334 g/mol. The maximum absolute atomic E-state index is 11.4. The highest BCUT2D eigenvalue weighted by molar-refractivity contribution is 7.55. The molecular formula is C8H16O10P2. The molecule has 0 heterocycles. The van der Waals surface area contributed by atoms with Gasteiger partial charge in [-0.15, -0.1) is 0 Å². The highest BCUT2D eigenvalue weighted by Gasteiger charge is 2.57. The van der Waals surface area contributed by atoms with E-state index in [1.165, 1.54) is 6.92 Å². The molecule has 0 aromatic carbocycles. The van der Waals surface area contributed by atoms with Crippen molar-refractivity contribution < 1.29 is 48.5 Å². The zero-order valence-electron chi connectivity index (χ0n) is 10.4. The Kier molecular flexibility index (Phi) is 6.10. The monoisotopic (exact) mass is 334 g/mol. The van der Waals surface area contributed by atoms with E-state index in [1.54, 1.807) is 0 Å². The summed E-state index contributed by atoms with van der Waals surface area (Å²) in [6, 6.07) is 0. The molecule has 10 nitrogen and oxygen atoms in total. The lowest BCUT2D eigenvalue weighted by Gasteiger charge is -2.32. The molecule has 6 N–H and O–H groups in total. The second-order valence-electron chi connectivity index (χ2n) is 4.28. The third kappa shape index (κ3) is 4.12. The third-order valence-electron chi connectivity index (χ3n) is 2.84. The van der Waals surface area contributed by atoms with Crippen molar-refractivity contribution in [3.63, 3.8) is 0 Å². The Labute approximate surface area is 113 Å². The molecule has 0 amide bonds. The zero-order valence-corrected chi connectivity index (χ0v) is 12.2. The zero-order chi connectivity index (χ0) is 16.4. The minimum atomic E-state index is -5.35. The molecule has 0 spiro atoms. The molecule has 2 atom stereocenters. The van der Waals surface area contributed by atoms with Crippen LogP contribution in [0.3, 0.4) is 0 Å². The van der Waals surface area contributed by atoms with Crippen molar-refractivity contribution in [2.45, 2.75) is 37.0 Å². The summed E-state index contributed by atoms with van der Waals surface area (Å²) in [4.78, 5) is 58.3. The van der Waals surface area contributed by atoms with Crippen LogP contribution in [0.25, 0.3) is 0 Å². The third-order valence-corrected chi connectivity index (χ3v) is 5.77. The molecule has 20 heavy (non-hydrogen) atoms. The maximum Gasteiger partial charge on any atom is 0.342 e. The molecule has 0 bridgehead atoms. The van der Waals surface area contributed by atoms with Crippen molar-refractivity contribution in [2.24, 2.45) is 0 Å². The van der Waals surface area contributed by atoms with Crippen molar-refractivity contribution in [3.8, 4) is 0 Å². The van der Waals surface area contributed by atoms with E-state index in [0.717, 1.165) is 0 Å². The second kappa shape index (κ2) is 6.34. The molecule has 0 saturated heterocycles. The first kappa shape index (κ1) is 19.2. The second-order valence-corrected chi connectivity index (χ2v) is 8.02. The van der Waals surface area contributed by atoms with Crippen LogP contribution < -0.4 is 0 Å². The largest absolute Gasteiger partial charge is 0.481 e. The van der Waals surface area contributed by atoms with Crippen molar-refractivity contribution in [3.05, 3.63) is 0 Å². The van der Waals surface area contributed by atoms with Gasteiger partial charge in [0.1, 0.15) is 0 Å². The van der Waals surface area contributed by atoms with Crippen molar-refractivity contribution in [1.29, 1.82) is 0 Å². The first-order valence-electron chi connectivity index (χ1n) is 5.36. The van der Waals surface area contributed by atoms with E-state index < -0.39 is 50.8 Å². The summed E-state index contributed by atoms with van der Waals surface area (Å²) < 4.78 is 22.5. The van der Waals surface area contributed by atoms with Gasteiger partial charge >= 0.3 is 27.1 Å². The number of hydrogen-bond donors (Lipinski definition) is 6. The Morgan fingerprint density at radius 1 is 1.10 bits per heavy atom. The smallest absolute Gasteiger partial charge is 0.342 e. The fraction of sp³-hybridized carbons (Fsp3) is 0.750. The molecule has 118 valence electrons. The Morgan fingerprint density at radius 2 is 1.55 bits per heavy atom. The van der Waals surface area contributed by atoms with Crippen LogP contribution in [0, 0.1) is 0 Å². The van der Waals surface area contributed by atoms with Gasteiger partial charge in [-0.25, -0.2) is 0 Å². The minimum Gasteiger partial charge on any atom is -0.481 e. The highest BCUT2D eigenvalue weighted by atomic mass is 31.2. The van der Waals surface area contributed by atoms with E-state index in [4.69, 9.17) is 20.0 Å². The van der Waals surface area contributed by atoms with E-state index in [0.29, 0.717) is 0 Å². The number of carbonyl (C=O) groups is 2. The molecule has 0 rings (SSSR count). The fourth-order valence-corrected chi connectivity index (χ4v) is 3.93. The Bertz CT molecular complexity index is 476. The van der Waals surface area contributed by atoms with Crippen LogP contribution in [0.1, 0.15) is 26.2 Å². The molecule has 12 heteroatoms. The molecule has 0 fully saturated rings. The molecule has 0 aromatic heterocycles. The number of rotatable bonds is 8. The summed E-state index contributed by atoms with van der Waals surface area (Å²) in [7, 11) is -10.6. The highest BCUT2D eigenvalue weighted by Crippen LogP contribution is 2.59. The molecular weight excluding hydrogens is 318 g/mol. The standard InChI is InChI=1S/C8H16O10P2/c1-2-3-8(7(11)12,20(16,17)18)4-5(6(9)10)19(13,14)15/h5H,2-4H2,1H3,(H,9,10)(H,11,12)(H2,13,14,15)(H2,16,17,18). The van der Waals surface area contributed by atoms with Crippen LogP contribution in [0.4, 0.5) is 0 Å². The lowest BCUT2D eigenvalue weighted by Crippen LogP contribution is -2.43. The molecule has 0 aromatic rings. The summed E-state index contributed by atoms with van der Waals surface area (Å²) in [5.74, 6) is -4.01. The summed E-state index contributed by atoms with van der Waals surface area (Å²) in [5, 5.41) is 15.0. The van der Waals surface area contributed by atoms with E-state index in [1.807, 2.05) is 0 Å². The van der Waals surface area contributed by atoms with Crippen LogP contribution in [-0.4, -0.2) is 52.5 Å². The SMILES string of the molecule is CCCC(CC(C(=O)O)P(=O)(O)O)(C(=O)O)P(=O)(O)O. The van der Waals surface area contributed by atoms with E-state index in [2.05, 4.69) is 0 Å². The molecule has 0 radical (unpaired) electrons. The molecule has 0 aliphatic rings. The Hall–Kier alpha value is -0.760. The van der Waals surface area contributed by atoms with Crippen LogP contribution >= 0.6 is 15.2 Å². The van der Waals surface area contributed by atoms with Gasteiger partial charge in [0.2, 0.25) is 0 Å². The van der Waals surface area contributed by atoms with Gasteiger partial charge in [-0.1, -0.05) is 13.3 Å². The first-order chi connectivity index (χ1) is 8.79. The van der Waals surface area contributed by atoms with E-state index in [-0.39, 0.29) is 6.42 Å². The lowest BCUT2D eigenvalue weighted by molar-refractivity contribution is -0.142. The van der Waals surface area contributed by atoms with Crippen molar-refractivity contribution in [1.82, 2.24) is 0 Å². The molecule has 2 unspecified atom stereocenters. The maximum atomic E-state index is 11.4. The predicted octanol–water partition coefficient (Wildman–Crippen LogP) is -0.191. The van der Waals surface area contributed by atoms with Crippen molar-refractivity contribution in [2.75, 3.05) is 0 Å². The summed E-state index contributed by atoms with van der Waals surface area (Å²) in [6.07, 6.45) is -2.00.